The molecule has 0 amide bonds. The maximum absolute atomic E-state index is 14.8. The zero-order valence-electron chi connectivity index (χ0n) is 24.1. The van der Waals surface area contributed by atoms with Gasteiger partial charge in [-0.25, -0.2) is 0 Å². The quantitative estimate of drug-likeness (QED) is 0.373. The van der Waals surface area contributed by atoms with Gasteiger partial charge in [0.2, 0.25) is 5.75 Å². The molecule has 3 aromatic carbocycles. The lowest BCUT2D eigenvalue weighted by Gasteiger charge is -2.38. The summed E-state index contributed by atoms with van der Waals surface area (Å²) in [5.74, 6) is -0.446. The lowest BCUT2D eigenvalue weighted by atomic mass is 9.63. The lowest BCUT2D eigenvalue weighted by Crippen LogP contribution is -2.49. The monoisotopic (exact) mass is 551 g/mol. The van der Waals surface area contributed by atoms with Crippen molar-refractivity contribution in [3.05, 3.63) is 89.0 Å². The van der Waals surface area contributed by atoms with E-state index < -0.39 is 28.8 Å². The van der Waals surface area contributed by atoms with E-state index in [2.05, 4.69) is 0 Å². The molecule has 1 saturated heterocycles. The van der Waals surface area contributed by atoms with Gasteiger partial charge in [-0.2, -0.15) is 0 Å². The van der Waals surface area contributed by atoms with Crippen molar-refractivity contribution in [2.24, 2.45) is 10.8 Å². The molecule has 2 aliphatic heterocycles. The third-order valence-electron chi connectivity index (χ3n) is 8.79. The third kappa shape index (κ3) is 3.47. The minimum absolute atomic E-state index is 0.0807. The van der Waals surface area contributed by atoms with E-state index in [9.17, 15) is 14.4 Å². The van der Waals surface area contributed by atoms with Crippen LogP contribution < -0.4 is 19.1 Å². The fraction of sp³-hybridized carbons (Fsp3) is 0.324. The van der Waals surface area contributed by atoms with Gasteiger partial charge in [0.15, 0.2) is 28.8 Å². The Morgan fingerprint density at radius 2 is 1.41 bits per heavy atom. The van der Waals surface area contributed by atoms with Crippen LogP contribution in [-0.2, 0) is 4.79 Å². The molecule has 0 N–H and O–H groups in total. The van der Waals surface area contributed by atoms with E-state index in [4.69, 9.17) is 14.2 Å². The molecule has 41 heavy (non-hydrogen) atoms. The molecule has 0 saturated carbocycles. The average Bonchev–Trinajstić information content (AvgIpc) is 3.41. The maximum Gasteiger partial charge on any atom is 0.203 e. The van der Waals surface area contributed by atoms with Gasteiger partial charge < -0.3 is 19.1 Å². The van der Waals surface area contributed by atoms with E-state index in [1.54, 1.807) is 36.4 Å². The van der Waals surface area contributed by atoms with Gasteiger partial charge in [0.1, 0.15) is 5.41 Å². The number of carbonyl (C=O) groups is 3. The molecule has 6 rings (SSSR count). The molecule has 0 radical (unpaired) electrons. The van der Waals surface area contributed by atoms with Gasteiger partial charge in [-0.1, -0.05) is 81.5 Å². The van der Waals surface area contributed by atoms with Crippen LogP contribution in [0.4, 0.5) is 5.69 Å². The molecule has 3 aromatic rings. The molecular formula is C34H33NO6. The van der Waals surface area contributed by atoms with E-state index >= 15 is 0 Å². The predicted octanol–water partition coefficient (Wildman–Crippen LogP) is 5.76. The van der Waals surface area contributed by atoms with E-state index in [-0.39, 0.29) is 17.3 Å². The molecule has 0 bridgehead atoms. The van der Waals surface area contributed by atoms with Crippen LogP contribution in [0.2, 0.25) is 0 Å². The van der Waals surface area contributed by atoms with Crippen molar-refractivity contribution >= 4 is 29.1 Å². The Bertz CT molecular complexity index is 1600. The first-order valence-corrected chi connectivity index (χ1v) is 13.7. The minimum atomic E-state index is -1.62. The highest BCUT2D eigenvalue weighted by Crippen LogP contribution is 2.63. The number of anilines is 1. The smallest absolute Gasteiger partial charge is 0.203 e. The number of fused-ring (bicyclic) bond motifs is 5. The number of hydrogen-bond acceptors (Lipinski definition) is 7. The van der Waals surface area contributed by atoms with Crippen molar-refractivity contribution in [3.63, 3.8) is 0 Å². The van der Waals surface area contributed by atoms with Gasteiger partial charge in [-0.3, -0.25) is 14.4 Å². The van der Waals surface area contributed by atoms with Crippen LogP contribution in [0.3, 0.4) is 0 Å². The van der Waals surface area contributed by atoms with Gasteiger partial charge in [0, 0.05) is 33.7 Å². The summed E-state index contributed by atoms with van der Waals surface area (Å²) in [7, 11) is 4.55. The number of rotatable bonds is 5. The van der Waals surface area contributed by atoms with Crippen molar-refractivity contribution in [1.29, 1.82) is 0 Å². The highest BCUT2D eigenvalue weighted by atomic mass is 16.5. The Hall–Kier alpha value is -4.39. The molecule has 0 aromatic heterocycles. The molecule has 0 unspecified atom stereocenters. The average molecular weight is 552 g/mol. The number of para-hydroxylation sites is 1. The Labute approximate surface area is 239 Å². The molecule has 1 spiro atoms. The fourth-order valence-electron chi connectivity index (χ4n) is 7.07. The van der Waals surface area contributed by atoms with Crippen molar-refractivity contribution in [2.45, 2.75) is 38.8 Å². The SMILES string of the molecule is COc1ccc([C@@H]2[C@H](C(=O)C(C)(C)C)N3c4ccccc4C=C[C@H]3C23C(=O)c2ccccc2C3=O)c(OC)c1OC. The predicted molar refractivity (Wildman–Crippen MR) is 156 cm³/mol. The summed E-state index contributed by atoms with van der Waals surface area (Å²) in [5, 5.41) is 0. The van der Waals surface area contributed by atoms with Gasteiger partial charge in [0.05, 0.1) is 33.4 Å². The Morgan fingerprint density at radius 3 is 2.00 bits per heavy atom. The van der Waals surface area contributed by atoms with Crippen molar-refractivity contribution in [1.82, 2.24) is 0 Å². The standard InChI is InChI=1S/C34H33NO6/c1-33(2,3)32(38)27-26(22-16-17-24(39-4)29(41-6)28(22)40-5)34(30(36)20-12-8-9-13-21(20)31(34)37)25-18-15-19-11-7-10-14-23(19)35(25)27/h7-18,25-27H,1-6H3/t25-,26+,27+/m0/s1. The second-order valence-electron chi connectivity index (χ2n) is 11.8. The van der Waals surface area contributed by atoms with Crippen LogP contribution in [0.5, 0.6) is 17.2 Å². The first-order valence-electron chi connectivity index (χ1n) is 13.7. The van der Waals surface area contributed by atoms with E-state index in [0.717, 1.165) is 11.3 Å². The van der Waals surface area contributed by atoms with Crippen LogP contribution in [0.25, 0.3) is 6.08 Å². The fourth-order valence-corrected chi connectivity index (χ4v) is 7.07. The van der Waals surface area contributed by atoms with Crippen LogP contribution in [0, 0.1) is 10.8 Å². The molecule has 3 atom stereocenters. The first-order chi connectivity index (χ1) is 19.6. The summed E-state index contributed by atoms with van der Waals surface area (Å²) in [5.41, 5.74) is 0.614. The van der Waals surface area contributed by atoms with Gasteiger partial charge in [-0.15, -0.1) is 0 Å². The normalized spacial score (nSPS) is 21.9. The molecular weight excluding hydrogens is 518 g/mol. The highest BCUT2D eigenvalue weighted by Gasteiger charge is 2.72. The third-order valence-corrected chi connectivity index (χ3v) is 8.79. The van der Waals surface area contributed by atoms with Crippen LogP contribution in [0.1, 0.15) is 58.5 Å². The van der Waals surface area contributed by atoms with Gasteiger partial charge in [-0.05, 0) is 17.7 Å². The largest absolute Gasteiger partial charge is 0.493 e. The maximum atomic E-state index is 14.8. The first kappa shape index (κ1) is 26.8. The van der Waals surface area contributed by atoms with Crippen molar-refractivity contribution in [3.8, 4) is 17.2 Å². The zero-order chi connectivity index (χ0) is 29.3. The number of hydrogen-bond donors (Lipinski definition) is 0. The summed E-state index contributed by atoms with van der Waals surface area (Å²) in [6, 6.07) is 16.7. The van der Waals surface area contributed by atoms with Gasteiger partial charge >= 0.3 is 0 Å². The van der Waals surface area contributed by atoms with E-state index in [0.29, 0.717) is 33.9 Å². The summed E-state index contributed by atoms with van der Waals surface area (Å²) in [6.45, 7) is 5.62. The summed E-state index contributed by atoms with van der Waals surface area (Å²) in [4.78, 5) is 46.2. The number of nitrogens with zero attached hydrogens (tertiary/aromatic N) is 1. The number of ketones is 3. The summed E-state index contributed by atoms with van der Waals surface area (Å²) >= 11 is 0. The van der Waals surface area contributed by atoms with Crippen LogP contribution in [-0.4, -0.2) is 50.8 Å². The van der Waals surface area contributed by atoms with Crippen molar-refractivity contribution < 1.29 is 28.6 Å². The van der Waals surface area contributed by atoms with E-state index in [1.807, 2.05) is 62.1 Å². The molecule has 2 heterocycles. The summed E-state index contributed by atoms with van der Waals surface area (Å²) in [6.07, 6.45) is 3.87. The van der Waals surface area contributed by atoms with Crippen molar-refractivity contribution in [2.75, 3.05) is 26.2 Å². The molecule has 1 fully saturated rings. The molecule has 1 aliphatic carbocycles. The van der Waals surface area contributed by atoms with E-state index in [1.165, 1.54) is 21.3 Å². The number of Topliss-reactive ketones (excluding diaryl/α,β-unsaturated/α-hetero) is 3. The molecule has 7 heteroatoms. The van der Waals surface area contributed by atoms with Crippen LogP contribution >= 0.6 is 0 Å². The number of carbonyl (C=O) groups excluding carboxylic acids is 3. The Kier molecular flexibility index (Phi) is 6.10. The number of benzene rings is 3. The summed E-state index contributed by atoms with van der Waals surface area (Å²) < 4.78 is 17.2. The molecule has 210 valence electrons. The second-order valence-corrected chi connectivity index (χ2v) is 11.8. The zero-order valence-corrected chi connectivity index (χ0v) is 24.1. The number of methoxy groups -OCH3 is 3. The highest BCUT2D eigenvalue weighted by molar-refractivity contribution is 6.32. The second kappa shape index (κ2) is 9.33. The number of ether oxygens (including phenoxy) is 3. The van der Waals surface area contributed by atoms with Crippen LogP contribution in [0.15, 0.2) is 66.7 Å². The molecule has 7 nitrogen and oxygen atoms in total. The Morgan fingerprint density at radius 1 is 0.805 bits per heavy atom. The lowest BCUT2D eigenvalue weighted by molar-refractivity contribution is -0.127. The molecule has 3 aliphatic rings. The topological polar surface area (TPSA) is 82.1 Å². The Balaban J connectivity index is 1.74. The van der Waals surface area contributed by atoms with Gasteiger partial charge in [0.25, 0.3) is 0 Å². The minimum Gasteiger partial charge on any atom is -0.493 e.